The lowest BCUT2D eigenvalue weighted by molar-refractivity contribution is -0.140. The van der Waals surface area contributed by atoms with Crippen LogP contribution in [-0.2, 0) is 26.2 Å². The van der Waals surface area contributed by atoms with Gasteiger partial charge in [0.25, 0.3) is 0 Å². The zero-order valence-electron chi connectivity index (χ0n) is 21.5. The number of amides is 2. The number of halogens is 1. The van der Waals surface area contributed by atoms with Crippen LogP contribution in [0, 0.1) is 5.82 Å². The Morgan fingerprint density at radius 2 is 1.67 bits per heavy atom. The van der Waals surface area contributed by atoms with Gasteiger partial charge in [-0.1, -0.05) is 19.1 Å². The molecule has 0 saturated carbocycles. The Bertz CT molecular complexity index is 1110. The van der Waals surface area contributed by atoms with Gasteiger partial charge in [0.15, 0.2) is 0 Å². The highest BCUT2D eigenvalue weighted by Gasteiger charge is 2.27. The van der Waals surface area contributed by atoms with Crippen molar-refractivity contribution in [3.8, 4) is 5.75 Å². The third kappa shape index (κ3) is 8.51. The summed E-state index contributed by atoms with van der Waals surface area (Å²) in [5.41, 5.74) is 1.15. The van der Waals surface area contributed by atoms with Crippen molar-refractivity contribution in [2.24, 2.45) is 0 Å². The molecule has 0 fully saturated rings. The lowest BCUT2D eigenvalue weighted by Crippen LogP contribution is -2.49. The highest BCUT2D eigenvalue weighted by molar-refractivity contribution is 7.92. The van der Waals surface area contributed by atoms with E-state index < -0.39 is 21.9 Å². The third-order valence-corrected chi connectivity index (χ3v) is 7.14. The third-order valence-electron chi connectivity index (χ3n) is 5.95. The zero-order chi connectivity index (χ0) is 26.9. The van der Waals surface area contributed by atoms with Gasteiger partial charge in [-0.05, 0) is 68.7 Å². The van der Waals surface area contributed by atoms with Gasteiger partial charge in [-0.25, -0.2) is 12.8 Å². The number of benzene rings is 2. The van der Waals surface area contributed by atoms with Gasteiger partial charge in [0.2, 0.25) is 21.8 Å². The van der Waals surface area contributed by atoms with E-state index in [0.717, 1.165) is 22.5 Å². The number of sulfonamides is 1. The predicted octanol–water partition coefficient (Wildman–Crippen LogP) is 3.71. The fourth-order valence-electron chi connectivity index (χ4n) is 3.59. The van der Waals surface area contributed by atoms with E-state index in [4.69, 9.17) is 4.74 Å². The van der Waals surface area contributed by atoms with Crippen LogP contribution in [0.3, 0.4) is 0 Å². The lowest BCUT2D eigenvalue weighted by Gasteiger charge is -2.30. The number of hydrogen-bond acceptors (Lipinski definition) is 5. The van der Waals surface area contributed by atoms with E-state index in [1.807, 2.05) is 26.0 Å². The Hall–Kier alpha value is -3.14. The molecule has 0 unspecified atom stereocenters. The van der Waals surface area contributed by atoms with Crippen LogP contribution in [0.2, 0.25) is 0 Å². The molecular formula is C26H36FN3O5S. The Balaban J connectivity index is 2.17. The molecule has 0 heterocycles. The smallest absolute Gasteiger partial charge is 0.242 e. The SMILES string of the molecule is CC[C@@H](C)NC(=O)[C@@H](C)N(Cc1ccc(OC)cc1)C(=O)CCCN(c1ccc(F)cc1)S(C)(=O)=O. The second-order valence-electron chi connectivity index (χ2n) is 8.78. The number of rotatable bonds is 13. The first-order chi connectivity index (χ1) is 17.0. The minimum atomic E-state index is -3.64. The number of ether oxygens (including phenoxy) is 1. The summed E-state index contributed by atoms with van der Waals surface area (Å²) in [7, 11) is -2.07. The van der Waals surface area contributed by atoms with Crippen molar-refractivity contribution in [3.05, 3.63) is 59.9 Å². The zero-order valence-corrected chi connectivity index (χ0v) is 22.3. The van der Waals surface area contributed by atoms with Crippen LogP contribution in [-0.4, -0.2) is 57.1 Å². The normalized spacial score (nSPS) is 12.9. The molecule has 0 bridgehead atoms. The molecule has 36 heavy (non-hydrogen) atoms. The van der Waals surface area contributed by atoms with E-state index >= 15 is 0 Å². The summed E-state index contributed by atoms with van der Waals surface area (Å²) in [6.07, 6.45) is 2.08. The maximum absolute atomic E-state index is 13.3. The number of anilines is 1. The molecule has 2 rings (SSSR count). The van der Waals surface area contributed by atoms with Gasteiger partial charge >= 0.3 is 0 Å². The van der Waals surface area contributed by atoms with E-state index in [-0.39, 0.29) is 43.8 Å². The number of nitrogens with zero attached hydrogens (tertiary/aromatic N) is 2. The number of nitrogens with one attached hydrogen (secondary N) is 1. The van der Waals surface area contributed by atoms with Crippen LogP contribution < -0.4 is 14.4 Å². The van der Waals surface area contributed by atoms with Gasteiger partial charge in [0.05, 0.1) is 19.1 Å². The highest BCUT2D eigenvalue weighted by Crippen LogP contribution is 2.20. The maximum atomic E-state index is 13.3. The van der Waals surface area contributed by atoms with Crippen molar-refractivity contribution < 1.29 is 27.1 Å². The van der Waals surface area contributed by atoms with E-state index in [0.29, 0.717) is 11.4 Å². The maximum Gasteiger partial charge on any atom is 0.242 e. The second kappa shape index (κ2) is 13.2. The van der Waals surface area contributed by atoms with E-state index in [2.05, 4.69) is 5.32 Å². The molecule has 0 aliphatic heterocycles. The lowest BCUT2D eigenvalue weighted by atomic mass is 10.1. The average Bonchev–Trinajstić information content (AvgIpc) is 2.84. The Morgan fingerprint density at radius 1 is 1.06 bits per heavy atom. The monoisotopic (exact) mass is 521 g/mol. The fourth-order valence-corrected chi connectivity index (χ4v) is 4.55. The van der Waals surface area contributed by atoms with Crippen molar-refractivity contribution >= 4 is 27.5 Å². The molecule has 198 valence electrons. The minimum absolute atomic E-state index is 0.0306. The fraction of sp³-hybridized carbons (Fsp3) is 0.462. The van der Waals surface area contributed by atoms with Crippen molar-refractivity contribution in [3.63, 3.8) is 0 Å². The van der Waals surface area contributed by atoms with Crippen LogP contribution >= 0.6 is 0 Å². The summed E-state index contributed by atoms with van der Waals surface area (Å²) >= 11 is 0. The van der Waals surface area contributed by atoms with Gasteiger partial charge in [0, 0.05) is 25.6 Å². The van der Waals surface area contributed by atoms with Crippen LogP contribution in [0.15, 0.2) is 48.5 Å². The summed E-state index contributed by atoms with van der Waals surface area (Å²) in [5, 5.41) is 2.92. The second-order valence-corrected chi connectivity index (χ2v) is 10.7. The first kappa shape index (κ1) is 29.1. The van der Waals surface area contributed by atoms with Crippen molar-refractivity contribution in [2.75, 3.05) is 24.2 Å². The Kier molecular flexibility index (Phi) is 10.7. The van der Waals surface area contributed by atoms with Crippen molar-refractivity contribution in [1.82, 2.24) is 10.2 Å². The predicted molar refractivity (Wildman–Crippen MR) is 139 cm³/mol. The molecule has 2 amide bonds. The molecular weight excluding hydrogens is 485 g/mol. The molecule has 0 aliphatic carbocycles. The summed E-state index contributed by atoms with van der Waals surface area (Å²) in [4.78, 5) is 27.6. The molecule has 2 aromatic rings. The topological polar surface area (TPSA) is 96.0 Å². The van der Waals surface area contributed by atoms with Gasteiger partial charge in [-0.15, -0.1) is 0 Å². The van der Waals surface area contributed by atoms with E-state index in [1.165, 1.54) is 29.2 Å². The Morgan fingerprint density at radius 3 is 2.19 bits per heavy atom. The number of methoxy groups -OCH3 is 1. The van der Waals surface area contributed by atoms with Crippen LogP contribution in [0.25, 0.3) is 0 Å². The molecule has 0 saturated heterocycles. The summed E-state index contributed by atoms with van der Waals surface area (Å²) < 4.78 is 44.3. The standard InChI is InChI=1S/C26H36FN3O5S/c1-6-19(2)28-26(32)20(3)29(18-21-9-15-24(35-4)16-10-21)25(31)8-7-17-30(36(5,33)34)23-13-11-22(27)12-14-23/h9-16,19-20H,6-8,17-18H2,1-5H3,(H,28,32)/t19-,20-/m1/s1. The van der Waals surface area contributed by atoms with E-state index in [1.54, 1.807) is 26.2 Å². The summed E-state index contributed by atoms with van der Waals surface area (Å²) in [6.45, 7) is 5.80. The molecule has 2 atom stereocenters. The molecule has 2 aromatic carbocycles. The number of hydrogen-bond donors (Lipinski definition) is 1. The van der Waals surface area contributed by atoms with Crippen LogP contribution in [0.4, 0.5) is 10.1 Å². The largest absolute Gasteiger partial charge is 0.497 e. The van der Waals surface area contributed by atoms with E-state index in [9.17, 15) is 22.4 Å². The van der Waals surface area contributed by atoms with Crippen molar-refractivity contribution in [2.45, 2.75) is 58.7 Å². The van der Waals surface area contributed by atoms with Gasteiger partial charge in [0.1, 0.15) is 17.6 Å². The summed E-state index contributed by atoms with van der Waals surface area (Å²) in [6, 6.07) is 11.6. The van der Waals surface area contributed by atoms with Gasteiger partial charge < -0.3 is 15.0 Å². The molecule has 1 N–H and O–H groups in total. The molecule has 0 aromatic heterocycles. The molecule has 8 nitrogen and oxygen atoms in total. The molecule has 0 radical (unpaired) electrons. The quantitative estimate of drug-likeness (QED) is 0.434. The van der Waals surface area contributed by atoms with Crippen molar-refractivity contribution in [1.29, 1.82) is 0 Å². The average molecular weight is 522 g/mol. The number of carbonyl (C=O) groups is 2. The molecule has 0 spiro atoms. The van der Waals surface area contributed by atoms with Crippen LogP contribution in [0.1, 0.15) is 45.6 Å². The summed E-state index contributed by atoms with van der Waals surface area (Å²) in [5.74, 6) is -0.317. The first-order valence-corrected chi connectivity index (χ1v) is 13.8. The minimum Gasteiger partial charge on any atom is -0.497 e. The molecule has 10 heteroatoms. The van der Waals surface area contributed by atoms with Gasteiger partial charge in [-0.3, -0.25) is 13.9 Å². The molecule has 0 aliphatic rings. The van der Waals surface area contributed by atoms with Crippen LogP contribution in [0.5, 0.6) is 5.75 Å². The Labute approximate surface area is 213 Å². The number of carbonyl (C=O) groups excluding carboxylic acids is 2. The van der Waals surface area contributed by atoms with Gasteiger partial charge in [-0.2, -0.15) is 0 Å². The highest BCUT2D eigenvalue weighted by atomic mass is 32.2. The first-order valence-electron chi connectivity index (χ1n) is 11.9.